The van der Waals surface area contributed by atoms with Gasteiger partial charge in [0.1, 0.15) is 11.5 Å². The van der Waals surface area contributed by atoms with Crippen LogP contribution in [0.15, 0.2) is 78.9 Å². The molecule has 3 aromatic carbocycles. The Kier molecular flexibility index (Phi) is 10.4. The van der Waals surface area contributed by atoms with Gasteiger partial charge in [-0.2, -0.15) is 0 Å². The quantitative estimate of drug-likeness (QED) is 0.285. The summed E-state index contributed by atoms with van der Waals surface area (Å²) in [6, 6.07) is 24.4. The van der Waals surface area contributed by atoms with Crippen LogP contribution in [0.4, 0.5) is 16.2 Å². The Hall–Kier alpha value is -3.80. The Balaban J connectivity index is 1.71. The van der Waals surface area contributed by atoms with Crippen LogP contribution >= 0.6 is 0 Å². The average Bonchev–Trinajstić information content (AvgIpc) is 2.88. The van der Waals surface area contributed by atoms with E-state index < -0.39 is 0 Å². The van der Waals surface area contributed by atoms with Crippen LogP contribution in [0.5, 0.6) is 11.5 Å². The molecule has 0 saturated heterocycles. The van der Waals surface area contributed by atoms with Crippen LogP contribution in [0.3, 0.4) is 0 Å². The van der Waals surface area contributed by atoms with Crippen LogP contribution in [0, 0.1) is 12.8 Å². The molecule has 0 heterocycles. The smallest absolute Gasteiger partial charge is 0.326 e. The highest BCUT2D eigenvalue weighted by Crippen LogP contribution is 2.25. The molecule has 0 fully saturated rings. The van der Waals surface area contributed by atoms with Crippen LogP contribution in [0.1, 0.15) is 45.1 Å². The summed E-state index contributed by atoms with van der Waals surface area (Å²) in [7, 11) is 0. The van der Waals surface area contributed by atoms with Crippen molar-refractivity contribution in [2.75, 3.05) is 23.3 Å². The zero-order valence-corrected chi connectivity index (χ0v) is 21.5. The second kappa shape index (κ2) is 13.9. The zero-order chi connectivity index (χ0) is 25.8. The lowest BCUT2D eigenvalue weighted by atomic mass is 9.98. The molecule has 3 rings (SSSR count). The van der Waals surface area contributed by atoms with Crippen molar-refractivity contribution in [1.82, 2.24) is 5.32 Å². The van der Waals surface area contributed by atoms with Crippen molar-refractivity contribution in [3.05, 3.63) is 84.4 Å². The van der Waals surface area contributed by atoms with Gasteiger partial charge in [0.05, 0.1) is 0 Å². The molecule has 6 nitrogen and oxygen atoms in total. The Labute approximate surface area is 214 Å². The zero-order valence-electron chi connectivity index (χ0n) is 21.5. The van der Waals surface area contributed by atoms with Crippen molar-refractivity contribution in [2.45, 2.75) is 46.5 Å². The fraction of sp³-hybridized carbons (Fsp3) is 0.333. The molecule has 0 aliphatic heterocycles. The monoisotopic (exact) mass is 487 g/mol. The number of nitrogens with one attached hydrogen (secondary N) is 2. The standard InChI is InChI=1S/C30H37N3O3/c1-4-6-12-24(5-2)29(34)31-20-21-33(30(35)32-25-13-10-11-23(3)22-25)26-16-18-28(19-17-26)36-27-14-8-7-9-15-27/h7-11,13-19,22,24H,4-6,12,20-21H2,1-3H3,(H,31,34)(H,32,35). The first kappa shape index (κ1) is 26.8. The van der Waals surface area contributed by atoms with E-state index in [1.54, 1.807) is 4.90 Å². The molecule has 1 unspecified atom stereocenters. The van der Waals surface area contributed by atoms with Gasteiger partial charge in [-0.25, -0.2) is 4.79 Å². The largest absolute Gasteiger partial charge is 0.457 e. The van der Waals surface area contributed by atoms with E-state index in [9.17, 15) is 9.59 Å². The summed E-state index contributed by atoms with van der Waals surface area (Å²) < 4.78 is 5.89. The molecule has 1 atom stereocenters. The predicted molar refractivity (Wildman–Crippen MR) is 147 cm³/mol. The summed E-state index contributed by atoms with van der Waals surface area (Å²) >= 11 is 0. The molecule has 3 aromatic rings. The van der Waals surface area contributed by atoms with Crippen molar-refractivity contribution < 1.29 is 14.3 Å². The molecule has 190 valence electrons. The number of benzene rings is 3. The van der Waals surface area contributed by atoms with Crippen molar-refractivity contribution in [3.63, 3.8) is 0 Å². The molecule has 0 aliphatic carbocycles. The van der Waals surface area contributed by atoms with Gasteiger partial charge in [0.15, 0.2) is 0 Å². The lowest BCUT2D eigenvalue weighted by Gasteiger charge is -2.24. The molecule has 0 bridgehead atoms. The third-order valence-electron chi connectivity index (χ3n) is 6.05. The number of unbranched alkanes of at least 4 members (excludes halogenated alkanes) is 1. The lowest BCUT2D eigenvalue weighted by molar-refractivity contribution is -0.125. The van der Waals surface area contributed by atoms with Crippen LogP contribution < -0.4 is 20.3 Å². The summed E-state index contributed by atoms with van der Waals surface area (Å²) in [6.07, 6.45) is 3.81. The van der Waals surface area contributed by atoms with Crippen LogP contribution in [0.2, 0.25) is 0 Å². The number of para-hydroxylation sites is 1. The maximum Gasteiger partial charge on any atom is 0.326 e. The highest BCUT2D eigenvalue weighted by Gasteiger charge is 2.19. The van der Waals surface area contributed by atoms with Crippen LogP contribution in [0.25, 0.3) is 0 Å². The molecule has 0 saturated carbocycles. The lowest BCUT2D eigenvalue weighted by Crippen LogP contribution is -2.42. The number of hydrogen-bond donors (Lipinski definition) is 2. The maximum absolute atomic E-state index is 13.3. The van der Waals surface area contributed by atoms with Gasteiger partial charge in [0.25, 0.3) is 0 Å². The van der Waals surface area contributed by atoms with Crippen molar-refractivity contribution in [2.24, 2.45) is 5.92 Å². The Bertz CT molecular complexity index is 1100. The first-order valence-corrected chi connectivity index (χ1v) is 12.8. The molecule has 6 heteroatoms. The number of rotatable bonds is 12. The van der Waals surface area contributed by atoms with Gasteiger partial charge in [0, 0.05) is 30.4 Å². The molecule has 0 aromatic heterocycles. The van der Waals surface area contributed by atoms with E-state index in [0.717, 1.165) is 42.7 Å². The third kappa shape index (κ3) is 8.15. The average molecular weight is 488 g/mol. The molecular weight excluding hydrogens is 450 g/mol. The Morgan fingerprint density at radius 2 is 1.64 bits per heavy atom. The first-order valence-electron chi connectivity index (χ1n) is 12.8. The van der Waals surface area contributed by atoms with Crippen molar-refractivity contribution in [3.8, 4) is 11.5 Å². The Morgan fingerprint density at radius 1 is 0.917 bits per heavy atom. The minimum atomic E-state index is -0.260. The van der Waals surface area contributed by atoms with Crippen LogP contribution in [-0.4, -0.2) is 25.0 Å². The van der Waals surface area contributed by atoms with Crippen molar-refractivity contribution in [1.29, 1.82) is 0 Å². The minimum absolute atomic E-state index is 0.00828. The van der Waals surface area contributed by atoms with E-state index in [0.29, 0.717) is 24.5 Å². The topological polar surface area (TPSA) is 70.7 Å². The number of amides is 3. The van der Waals surface area contributed by atoms with E-state index in [1.165, 1.54) is 0 Å². The summed E-state index contributed by atoms with van der Waals surface area (Å²) in [4.78, 5) is 27.6. The third-order valence-corrected chi connectivity index (χ3v) is 6.05. The highest BCUT2D eigenvalue weighted by atomic mass is 16.5. The van der Waals surface area contributed by atoms with Gasteiger partial charge in [-0.1, -0.05) is 57.0 Å². The van der Waals surface area contributed by atoms with Gasteiger partial charge in [0.2, 0.25) is 5.91 Å². The number of hydrogen-bond acceptors (Lipinski definition) is 3. The van der Waals surface area contributed by atoms with Gasteiger partial charge >= 0.3 is 6.03 Å². The van der Waals surface area contributed by atoms with Gasteiger partial charge in [-0.05, 0) is 73.9 Å². The molecular formula is C30H37N3O3. The normalized spacial score (nSPS) is 11.4. The summed E-state index contributed by atoms with van der Waals surface area (Å²) in [5.74, 6) is 1.49. The summed E-state index contributed by atoms with van der Waals surface area (Å²) in [6.45, 7) is 6.86. The molecule has 3 amide bonds. The van der Waals surface area contributed by atoms with E-state index >= 15 is 0 Å². The minimum Gasteiger partial charge on any atom is -0.457 e. The number of urea groups is 1. The highest BCUT2D eigenvalue weighted by molar-refractivity contribution is 6.01. The molecule has 2 N–H and O–H groups in total. The SMILES string of the molecule is CCCCC(CC)C(=O)NCCN(C(=O)Nc1cccc(C)c1)c1ccc(Oc2ccccc2)cc1. The summed E-state index contributed by atoms with van der Waals surface area (Å²) in [5, 5.41) is 6.01. The fourth-order valence-corrected chi connectivity index (χ4v) is 3.99. The van der Waals surface area contributed by atoms with Gasteiger partial charge in [-0.15, -0.1) is 0 Å². The molecule has 0 radical (unpaired) electrons. The fourth-order valence-electron chi connectivity index (χ4n) is 3.99. The number of carbonyl (C=O) groups excluding carboxylic acids is 2. The number of ether oxygens (including phenoxy) is 1. The van der Waals surface area contributed by atoms with E-state index in [2.05, 4.69) is 17.6 Å². The second-order valence-electron chi connectivity index (χ2n) is 8.90. The maximum atomic E-state index is 13.3. The Morgan fingerprint density at radius 3 is 2.31 bits per heavy atom. The van der Waals surface area contributed by atoms with Gasteiger partial charge in [-0.3, -0.25) is 9.69 Å². The number of anilines is 2. The van der Waals surface area contributed by atoms with Crippen LogP contribution in [-0.2, 0) is 4.79 Å². The molecule has 0 aliphatic rings. The molecule has 36 heavy (non-hydrogen) atoms. The van der Waals surface area contributed by atoms with Crippen molar-refractivity contribution >= 4 is 23.3 Å². The first-order chi connectivity index (χ1) is 17.5. The van der Waals surface area contributed by atoms with E-state index in [1.807, 2.05) is 92.7 Å². The van der Waals surface area contributed by atoms with E-state index in [-0.39, 0.29) is 17.9 Å². The number of carbonyl (C=O) groups is 2. The summed E-state index contributed by atoms with van der Waals surface area (Å²) in [5.41, 5.74) is 2.50. The number of nitrogens with zero attached hydrogens (tertiary/aromatic N) is 1. The van der Waals surface area contributed by atoms with Gasteiger partial charge < -0.3 is 15.4 Å². The second-order valence-corrected chi connectivity index (χ2v) is 8.90. The van der Waals surface area contributed by atoms with E-state index in [4.69, 9.17) is 4.74 Å². The predicted octanol–water partition coefficient (Wildman–Crippen LogP) is 7.16. The molecule has 0 spiro atoms. The number of aryl methyl sites for hydroxylation is 1.